The van der Waals surface area contributed by atoms with Crippen LogP contribution >= 0.6 is 23.2 Å². The Balaban J connectivity index is 1.62. The zero-order valence-corrected chi connectivity index (χ0v) is 15.3. The van der Waals surface area contributed by atoms with E-state index in [-0.39, 0.29) is 0 Å². The zero-order valence-electron chi connectivity index (χ0n) is 13.8. The Morgan fingerprint density at radius 2 is 1.76 bits per heavy atom. The monoisotopic (exact) mass is 375 g/mol. The minimum Gasteiger partial charge on any atom is -0.360 e. The van der Waals surface area contributed by atoms with E-state index >= 15 is 0 Å². The number of nitrogens with zero attached hydrogens (tertiary/aromatic N) is 2. The van der Waals surface area contributed by atoms with E-state index < -0.39 is 0 Å². The molecule has 0 radical (unpaired) electrons. The summed E-state index contributed by atoms with van der Waals surface area (Å²) in [5.41, 5.74) is 4.32. The summed E-state index contributed by atoms with van der Waals surface area (Å²) in [5, 5.41) is 8.86. The van der Waals surface area contributed by atoms with E-state index in [1.807, 2.05) is 0 Å². The van der Waals surface area contributed by atoms with Crippen molar-refractivity contribution in [2.45, 2.75) is 38.0 Å². The molecule has 1 N–H and O–H groups in total. The van der Waals surface area contributed by atoms with Crippen molar-refractivity contribution in [2.24, 2.45) is 5.41 Å². The molecule has 0 aromatic carbocycles. The Labute approximate surface area is 156 Å². The van der Waals surface area contributed by atoms with Gasteiger partial charge < -0.3 is 9.84 Å². The molecule has 4 nitrogen and oxygen atoms in total. The minimum absolute atomic E-state index is 0.349. The summed E-state index contributed by atoms with van der Waals surface area (Å²) in [6.45, 7) is 2.19. The van der Waals surface area contributed by atoms with Gasteiger partial charge in [0.1, 0.15) is 11.5 Å². The van der Waals surface area contributed by atoms with Gasteiger partial charge in [-0.15, -0.1) is 0 Å². The molecule has 2 aromatic rings. The van der Waals surface area contributed by atoms with Crippen LogP contribution in [0, 0.1) is 5.41 Å². The molecule has 1 spiro atoms. The van der Waals surface area contributed by atoms with Crippen LogP contribution in [-0.4, -0.2) is 23.2 Å². The molecule has 0 bridgehead atoms. The second kappa shape index (κ2) is 5.83. The molecule has 1 saturated carbocycles. The van der Waals surface area contributed by atoms with Crippen molar-refractivity contribution in [1.82, 2.24) is 15.5 Å². The highest BCUT2D eigenvalue weighted by atomic mass is 35.5. The van der Waals surface area contributed by atoms with Crippen LogP contribution in [0.25, 0.3) is 16.8 Å². The fourth-order valence-corrected chi connectivity index (χ4v) is 4.72. The Kier molecular flexibility index (Phi) is 3.70. The Hall–Kier alpha value is -1.36. The Morgan fingerprint density at radius 3 is 2.40 bits per heavy atom. The summed E-state index contributed by atoms with van der Waals surface area (Å²) in [7, 11) is 0. The van der Waals surface area contributed by atoms with Gasteiger partial charge in [0.15, 0.2) is 0 Å². The molecule has 25 heavy (non-hydrogen) atoms. The second-order valence-electron chi connectivity index (χ2n) is 7.48. The molecule has 3 aliphatic rings. The molecule has 0 amide bonds. The minimum atomic E-state index is 0.349. The maximum absolute atomic E-state index is 6.39. The predicted molar refractivity (Wildman–Crippen MR) is 98.9 cm³/mol. The molecule has 5 rings (SSSR count). The Bertz CT molecular complexity index is 843. The van der Waals surface area contributed by atoms with Gasteiger partial charge >= 0.3 is 0 Å². The first kappa shape index (κ1) is 15.9. The third kappa shape index (κ3) is 2.62. The molecule has 3 heterocycles. The molecule has 130 valence electrons. The number of allylic oxidation sites excluding steroid dienone is 2. The number of nitrogens with one attached hydrogen (secondary N) is 1. The number of pyridine rings is 1. The zero-order chi connectivity index (χ0) is 17.0. The van der Waals surface area contributed by atoms with Gasteiger partial charge in [-0.2, -0.15) is 0 Å². The van der Waals surface area contributed by atoms with Gasteiger partial charge in [0, 0.05) is 29.4 Å². The first-order chi connectivity index (χ1) is 12.2. The van der Waals surface area contributed by atoms with E-state index in [4.69, 9.17) is 27.7 Å². The lowest BCUT2D eigenvalue weighted by Crippen LogP contribution is -2.39. The van der Waals surface area contributed by atoms with Crippen LogP contribution in [0.5, 0.6) is 0 Å². The molecule has 2 aliphatic carbocycles. The Morgan fingerprint density at radius 1 is 1.08 bits per heavy atom. The lowest BCUT2D eigenvalue weighted by atomic mass is 9.63. The summed E-state index contributed by atoms with van der Waals surface area (Å²) in [6, 6.07) is 0. The van der Waals surface area contributed by atoms with Crippen molar-refractivity contribution in [3.63, 3.8) is 0 Å². The van der Waals surface area contributed by atoms with Crippen LogP contribution in [0.3, 0.4) is 0 Å². The highest BCUT2D eigenvalue weighted by Gasteiger charge is 2.42. The molecule has 1 aliphatic heterocycles. The third-order valence-electron chi connectivity index (χ3n) is 5.70. The van der Waals surface area contributed by atoms with E-state index in [0.29, 0.717) is 21.4 Å². The van der Waals surface area contributed by atoms with Gasteiger partial charge in [0.05, 0.1) is 10.0 Å². The fourth-order valence-electron chi connectivity index (χ4n) is 4.17. The van der Waals surface area contributed by atoms with Crippen molar-refractivity contribution in [3.8, 4) is 11.3 Å². The van der Waals surface area contributed by atoms with E-state index in [1.54, 1.807) is 12.4 Å². The summed E-state index contributed by atoms with van der Waals surface area (Å²) in [6.07, 6.45) is 11.5. The summed E-state index contributed by atoms with van der Waals surface area (Å²) >= 11 is 12.8. The molecular formula is C19H19Cl2N3O. The summed E-state index contributed by atoms with van der Waals surface area (Å²) in [4.78, 5) is 4.06. The summed E-state index contributed by atoms with van der Waals surface area (Å²) < 4.78 is 5.78. The number of hydrogen-bond acceptors (Lipinski definition) is 4. The highest BCUT2D eigenvalue weighted by Crippen LogP contribution is 2.55. The summed E-state index contributed by atoms with van der Waals surface area (Å²) in [5.74, 6) is 1.50. The molecule has 0 atom stereocenters. The van der Waals surface area contributed by atoms with Gasteiger partial charge in [-0.25, -0.2) is 0 Å². The van der Waals surface area contributed by atoms with E-state index in [1.165, 1.54) is 31.3 Å². The third-order valence-corrected chi connectivity index (χ3v) is 6.27. The van der Waals surface area contributed by atoms with Crippen molar-refractivity contribution < 1.29 is 4.52 Å². The molecular weight excluding hydrogens is 357 g/mol. The van der Waals surface area contributed by atoms with Gasteiger partial charge in [0.25, 0.3) is 0 Å². The van der Waals surface area contributed by atoms with Crippen molar-refractivity contribution in [2.75, 3.05) is 13.1 Å². The second-order valence-corrected chi connectivity index (χ2v) is 8.30. The lowest BCUT2D eigenvalue weighted by molar-refractivity contribution is 0.257. The first-order valence-electron chi connectivity index (χ1n) is 8.89. The van der Waals surface area contributed by atoms with Crippen molar-refractivity contribution in [3.05, 3.63) is 39.8 Å². The van der Waals surface area contributed by atoms with Gasteiger partial charge in [-0.3, -0.25) is 4.98 Å². The SMILES string of the molecule is Clc1cncc(Cl)c1-c1noc(C2CC2)c1C1=CC2(CCNCC2)C1. The van der Waals surface area contributed by atoms with E-state index in [0.717, 1.165) is 42.1 Å². The first-order valence-corrected chi connectivity index (χ1v) is 9.64. The smallest absolute Gasteiger partial charge is 0.147 e. The van der Waals surface area contributed by atoms with Crippen molar-refractivity contribution in [1.29, 1.82) is 0 Å². The average Bonchev–Trinajstić information content (AvgIpc) is 3.34. The highest BCUT2D eigenvalue weighted by molar-refractivity contribution is 6.39. The van der Waals surface area contributed by atoms with Crippen LogP contribution in [0.1, 0.15) is 49.3 Å². The molecule has 2 fully saturated rings. The van der Waals surface area contributed by atoms with Crippen LogP contribution in [0.15, 0.2) is 23.0 Å². The van der Waals surface area contributed by atoms with Crippen LogP contribution in [-0.2, 0) is 0 Å². The molecule has 1 saturated heterocycles. The van der Waals surface area contributed by atoms with E-state index in [2.05, 4.69) is 21.5 Å². The van der Waals surface area contributed by atoms with Crippen LogP contribution in [0.4, 0.5) is 0 Å². The predicted octanol–water partition coefficient (Wildman–Crippen LogP) is 5.08. The molecule has 0 unspecified atom stereocenters. The molecule has 6 heteroatoms. The number of piperidine rings is 1. The maximum Gasteiger partial charge on any atom is 0.147 e. The van der Waals surface area contributed by atoms with Crippen LogP contribution < -0.4 is 5.32 Å². The number of hydrogen-bond donors (Lipinski definition) is 1. The average molecular weight is 376 g/mol. The van der Waals surface area contributed by atoms with Gasteiger partial charge in [-0.05, 0) is 56.2 Å². The normalized spacial score (nSPS) is 21.9. The van der Waals surface area contributed by atoms with Gasteiger partial charge in [0.2, 0.25) is 0 Å². The van der Waals surface area contributed by atoms with E-state index in [9.17, 15) is 0 Å². The van der Waals surface area contributed by atoms with Crippen molar-refractivity contribution >= 4 is 28.8 Å². The van der Waals surface area contributed by atoms with Gasteiger partial charge in [-0.1, -0.05) is 34.4 Å². The molecule has 2 aromatic heterocycles. The standard InChI is InChI=1S/C19H19Cl2N3O/c20-13-9-23-10-14(21)16(13)17-15(18(25-24-17)11-1-2-11)12-7-19(8-12)3-5-22-6-4-19/h7,9-11,22H,1-6,8H2. The number of aromatic nitrogens is 2. The number of halogens is 2. The topological polar surface area (TPSA) is 51.0 Å². The largest absolute Gasteiger partial charge is 0.360 e. The van der Waals surface area contributed by atoms with Crippen LogP contribution in [0.2, 0.25) is 10.0 Å². The quantitative estimate of drug-likeness (QED) is 0.812. The lowest BCUT2D eigenvalue weighted by Gasteiger charge is -2.43. The fraction of sp³-hybridized carbons (Fsp3) is 0.474. The maximum atomic E-state index is 6.39. The number of rotatable bonds is 3.